The number of amides is 1. The molecule has 12 nitrogen and oxygen atoms in total. The molecule has 1 aliphatic heterocycles. The third kappa shape index (κ3) is 6.32. The number of carboxylic acid groups (broad SMARTS) is 1. The molecule has 3 aromatic rings. The SMILES string of the molecule is CC(C)(C)N(C(=O)O)C1CCC(c2cc(C[C@H]3O[C@H](CO)[C@H](O)[C@H](n4cc(-c5cc(F)c(F)c(F)c5)nn4)[C@H]3O)no2)CC1. The molecule has 1 aromatic carbocycles. The van der Waals surface area contributed by atoms with Crippen LogP contribution in [0.4, 0.5) is 18.0 Å². The predicted octanol–water partition coefficient (Wildman–Crippen LogP) is 3.42. The summed E-state index contributed by atoms with van der Waals surface area (Å²) in [5, 5.41) is 53.7. The van der Waals surface area contributed by atoms with E-state index in [9.17, 15) is 38.4 Å². The van der Waals surface area contributed by atoms with Crippen molar-refractivity contribution in [1.82, 2.24) is 25.1 Å². The predicted molar refractivity (Wildman–Crippen MR) is 147 cm³/mol. The van der Waals surface area contributed by atoms with Gasteiger partial charge in [0, 0.05) is 35.5 Å². The molecule has 0 bridgehead atoms. The zero-order valence-electron chi connectivity index (χ0n) is 24.5. The minimum atomic E-state index is -1.63. The molecule has 2 aromatic heterocycles. The van der Waals surface area contributed by atoms with Gasteiger partial charge in [0.05, 0.1) is 24.6 Å². The number of aliphatic hydroxyl groups is 3. The first-order valence-electron chi connectivity index (χ1n) is 14.5. The van der Waals surface area contributed by atoms with Crippen LogP contribution in [-0.4, -0.2) is 94.2 Å². The monoisotopic (exact) mass is 623 g/mol. The van der Waals surface area contributed by atoms with E-state index >= 15 is 0 Å². The minimum absolute atomic E-state index is 0.0318. The number of ether oxygens (including phenoxy) is 1. The Morgan fingerprint density at radius 2 is 1.68 bits per heavy atom. The summed E-state index contributed by atoms with van der Waals surface area (Å²) in [5.41, 5.74) is -0.185. The number of aliphatic hydroxyl groups excluding tert-OH is 3. The summed E-state index contributed by atoms with van der Waals surface area (Å²) in [4.78, 5) is 13.4. The molecule has 15 heteroatoms. The van der Waals surface area contributed by atoms with Gasteiger partial charge in [0.15, 0.2) is 17.5 Å². The van der Waals surface area contributed by atoms with Gasteiger partial charge in [-0.05, 0) is 58.6 Å². The van der Waals surface area contributed by atoms with Gasteiger partial charge in [-0.1, -0.05) is 10.4 Å². The topological polar surface area (TPSA) is 167 Å². The average Bonchev–Trinajstić information content (AvgIpc) is 3.63. The Morgan fingerprint density at radius 1 is 1.05 bits per heavy atom. The lowest BCUT2D eigenvalue weighted by Crippen LogP contribution is -2.56. The molecule has 1 saturated heterocycles. The van der Waals surface area contributed by atoms with Crippen LogP contribution in [0.25, 0.3) is 11.3 Å². The molecule has 5 rings (SSSR count). The van der Waals surface area contributed by atoms with Crippen LogP contribution in [-0.2, 0) is 11.2 Å². The van der Waals surface area contributed by atoms with Crippen molar-refractivity contribution in [3.63, 3.8) is 0 Å². The largest absolute Gasteiger partial charge is 0.465 e. The molecule has 1 amide bonds. The Hall–Kier alpha value is -3.53. The molecule has 0 unspecified atom stereocenters. The van der Waals surface area contributed by atoms with Gasteiger partial charge in [-0.2, -0.15) is 0 Å². The first-order valence-corrected chi connectivity index (χ1v) is 14.5. The van der Waals surface area contributed by atoms with Crippen molar-refractivity contribution in [3.05, 3.63) is 53.3 Å². The van der Waals surface area contributed by atoms with Crippen LogP contribution in [0.5, 0.6) is 0 Å². The van der Waals surface area contributed by atoms with Gasteiger partial charge >= 0.3 is 6.09 Å². The minimum Gasteiger partial charge on any atom is -0.465 e. The zero-order valence-corrected chi connectivity index (χ0v) is 24.5. The van der Waals surface area contributed by atoms with Gasteiger partial charge in [-0.15, -0.1) is 5.10 Å². The fourth-order valence-electron chi connectivity index (χ4n) is 6.35. The van der Waals surface area contributed by atoms with Crippen molar-refractivity contribution < 1.29 is 47.7 Å². The molecule has 240 valence electrons. The first kappa shape index (κ1) is 31.9. The maximum absolute atomic E-state index is 13.8. The number of benzene rings is 1. The van der Waals surface area contributed by atoms with E-state index in [1.54, 1.807) is 6.07 Å². The molecule has 2 fully saturated rings. The van der Waals surface area contributed by atoms with E-state index in [-0.39, 0.29) is 29.6 Å². The van der Waals surface area contributed by atoms with E-state index < -0.39 is 66.1 Å². The van der Waals surface area contributed by atoms with E-state index in [2.05, 4.69) is 15.5 Å². The summed E-state index contributed by atoms with van der Waals surface area (Å²) in [7, 11) is 0. The molecule has 1 saturated carbocycles. The van der Waals surface area contributed by atoms with Crippen molar-refractivity contribution in [2.45, 2.75) is 101 Å². The van der Waals surface area contributed by atoms with Gasteiger partial charge < -0.3 is 34.6 Å². The summed E-state index contributed by atoms with van der Waals surface area (Å²) in [6.45, 7) is 5.04. The Labute approximate surface area is 251 Å². The van der Waals surface area contributed by atoms with Crippen molar-refractivity contribution in [3.8, 4) is 11.3 Å². The molecule has 5 atom stereocenters. The first-order chi connectivity index (χ1) is 20.8. The van der Waals surface area contributed by atoms with Gasteiger partial charge in [0.25, 0.3) is 0 Å². The van der Waals surface area contributed by atoms with Crippen LogP contribution in [0.2, 0.25) is 0 Å². The maximum Gasteiger partial charge on any atom is 0.407 e. The smallest absolute Gasteiger partial charge is 0.407 e. The summed E-state index contributed by atoms with van der Waals surface area (Å²) < 4.78 is 53.5. The van der Waals surface area contributed by atoms with Gasteiger partial charge in [0.1, 0.15) is 35.8 Å². The normalized spacial score (nSPS) is 27.8. The van der Waals surface area contributed by atoms with Gasteiger partial charge in [-0.3, -0.25) is 0 Å². The summed E-state index contributed by atoms with van der Waals surface area (Å²) in [6, 6.07) is 2.01. The number of hydrogen-bond donors (Lipinski definition) is 4. The van der Waals surface area contributed by atoms with E-state index in [4.69, 9.17) is 9.26 Å². The standard InChI is InChI=1S/C29H36F3N5O7/c1-29(2,3)37(28(41)42)17-6-4-14(5-7-17)21-10-16(34-44-21)11-22-26(39)25(27(40)23(13-38)43-22)36-12-20(33-35-36)15-8-18(30)24(32)19(31)9-15/h8-10,12,14,17,22-23,25-27,38-40H,4-7,11,13H2,1-3H3,(H,41,42)/t14?,17?,22-,23-,25-,26+,27+/m1/s1. The molecular formula is C29H36F3N5O7. The highest BCUT2D eigenvalue weighted by Gasteiger charge is 2.46. The molecule has 2 aliphatic rings. The molecule has 3 heterocycles. The highest BCUT2D eigenvalue weighted by molar-refractivity contribution is 5.66. The Bertz CT molecular complexity index is 1450. The number of nitrogens with zero attached hydrogens (tertiary/aromatic N) is 5. The second-order valence-electron chi connectivity index (χ2n) is 12.5. The van der Waals surface area contributed by atoms with Crippen LogP contribution in [0, 0.1) is 17.5 Å². The lowest BCUT2D eigenvalue weighted by Gasteiger charge is -2.42. The second-order valence-corrected chi connectivity index (χ2v) is 12.5. The van der Waals surface area contributed by atoms with E-state index in [0.29, 0.717) is 37.1 Å². The van der Waals surface area contributed by atoms with Gasteiger partial charge in [0.2, 0.25) is 0 Å². The van der Waals surface area contributed by atoms with Crippen LogP contribution < -0.4 is 0 Å². The molecule has 1 aliphatic carbocycles. The van der Waals surface area contributed by atoms with E-state index in [0.717, 1.165) is 16.8 Å². The average molecular weight is 624 g/mol. The lowest BCUT2D eigenvalue weighted by molar-refractivity contribution is -0.205. The third-order valence-electron chi connectivity index (χ3n) is 8.47. The van der Waals surface area contributed by atoms with E-state index in [1.165, 1.54) is 11.1 Å². The Balaban J connectivity index is 1.28. The van der Waals surface area contributed by atoms with Crippen molar-refractivity contribution in [2.75, 3.05) is 6.61 Å². The second kappa shape index (κ2) is 12.5. The van der Waals surface area contributed by atoms with Crippen LogP contribution >= 0.6 is 0 Å². The number of halogens is 3. The summed E-state index contributed by atoms with van der Waals surface area (Å²) in [6.07, 6.45) is -1.75. The highest BCUT2D eigenvalue weighted by atomic mass is 19.2. The van der Waals surface area contributed by atoms with Crippen LogP contribution in [0.15, 0.2) is 28.9 Å². The number of rotatable bonds is 7. The molecular weight excluding hydrogens is 587 g/mol. The zero-order chi connectivity index (χ0) is 31.9. The fourth-order valence-corrected chi connectivity index (χ4v) is 6.35. The lowest BCUT2D eigenvalue weighted by atomic mass is 9.82. The quantitative estimate of drug-likeness (QED) is 0.286. The Morgan fingerprint density at radius 3 is 2.27 bits per heavy atom. The van der Waals surface area contributed by atoms with Crippen molar-refractivity contribution in [2.24, 2.45) is 0 Å². The third-order valence-corrected chi connectivity index (χ3v) is 8.47. The highest BCUT2D eigenvalue weighted by Crippen LogP contribution is 2.38. The van der Waals surface area contributed by atoms with E-state index in [1.807, 2.05) is 20.8 Å². The van der Waals surface area contributed by atoms with Crippen molar-refractivity contribution in [1.29, 1.82) is 0 Å². The number of aromatic nitrogens is 4. The number of carbonyl (C=O) groups is 1. The molecule has 0 radical (unpaired) electrons. The molecule has 0 spiro atoms. The Kier molecular flexibility index (Phi) is 9.03. The molecule has 4 N–H and O–H groups in total. The maximum atomic E-state index is 13.8. The van der Waals surface area contributed by atoms with Gasteiger partial charge in [-0.25, -0.2) is 22.6 Å². The van der Waals surface area contributed by atoms with Crippen LogP contribution in [0.3, 0.4) is 0 Å². The fraction of sp³-hybridized carbons (Fsp3) is 0.586. The summed E-state index contributed by atoms with van der Waals surface area (Å²) >= 11 is 0. The number of hydrogen-bond acceptors (Lipinski definition) is 9. The van der Waals surface area contributed by atoms with Crippen molar-refractivity contribution >= 4 is 6.09 Å². The summed E-state index contributed by atoms with van der Waals surface area (Å²) in [5.74, 6) is -3.77. The molecule has 44 heavy (non-hydrogen) atoms. The van der Waals surface area contributed by atoms with Crippen LogP contribution in [0.1, 0.15) is 69.9 Å².